The first-order chi connectivity index (χ1) is 13.4. The Bertz CT molecular complexity index is 792. The number of ether oxygens (including phenoxy) is 1. The Morgan fingerprint density at radius 2 is 1.68 bits per heavy atom. The number of hydrogen-bond donors (Lipinski definition) is 2. The van der Waals surface area contributed by atoms with E-state index in [1.54, 1.807) is 18.2 Å². The van der Waals surface area contributed by atoms with Gasteiger partial charge in [-0.25, -0.2) is 4.39 Å². The molecule has 0 heterocycles. The fourth-order valence-electron chi connectivity index (χ4n) is 2.54. The van der Waals surface area contributed by atoms with Gasteiger partial charge in [-0.15, -0.1) is 0 Å². The Labute approximate surface area is 164 Å². The third-order valence-electron chi connectivity index (χ3n) is 4.33. The highest BCUT2D eigenvalue weighted by Gasteiger charge is 2.17. The highest BCUT2D eigenvalue weighted by atomic mass is 19.1. The van der Waals surface area contributed by atoms with Crippen LogP contribution in [-0.4, -0.2) is 35.9 Å². The summed E-state index contributed by atoms with van der Waals surface area (Å²) in [7, 11) is 0. The van der Waals surface area contributed by atoms with E-state index in [1.165, 1.54) is 25.1 Å². The molecule has 2 rings (SSSR count). The molecule has 0 saturated heterocycles. The van der Waals surface area contributed by atoms with Gasteiger partial charge in [-0.2, -0.15) is 0 Å². The summed E-state index contributed by atoms with van der Waals surface area (Å²) >= 11 is 0. The standard InChI is InChI=1S/C21H26FN3O3/c1-4-25(5-2)14-16-10-12-17(13-11-16)21(27)24-23-20(26)15(3)28-19-9-7-6-8-18(19)22/h6-13,15H,4-5,14H2,1-3H3,(H,23,26)(H,24,27). The van der Waals surface area contributed by atoms with Crippen LogP contribution in [0.1, 0.15) is 36.7 Å². The number of carbonyl (C=O) groups excluding carboxylic acids is 2. The Hall–Kier alpha value is -2.93. The molecule has 0 aliphatic rings. The van der Waals surface area contributed by atoms with Gasteiger partial charge in [0.15, 0.2) is 17.7 Å². The van der Waals surface area contributed by atoms with Crippen molar-refractivity contribution in [3.05, 3.63) is 65.5 Å². The van der Waals surface area contributed by atoms with Crippen molar-refractivity contribution in [2.45, 2.75) is 33.4 Å². The number of rotatable bonds is 8. The summed E-state index contributed by atoms with van der Waals surface area (Å²) < 4.78 is 18.9. The van der Waals surface area contributed by atoms with Crippen LogP contribution in [0.15, 0.2) is 48.5 Å². The molecule has 0 bridgehead atoms. The molecule has 1 atom stereocenters. The minimum atomic E-state index is -0.978. The zero-order valence-corrected chi connectivity index (χ0v) is 16.4. The molecular weight excluding hydrogens is 361 g/mol. The van der Waals surface area contributed by atoms with E-state index in [0.717, 1.165) is 25.2 Å². The maximum Gasteiger partial charge on any atom is 0.279 e. The van der Waals surface area contributed by atoms with Crippen molar-refractivity contribution >= 4 is 11.8 Å². The van der Waals surface area contributed by atoms with Crippen molar-refractivity contribution in [3.63, 3.8) is 0 Å². The maximum absolute atomic E-state index is 13.6. The van der Waals surface area contributed by atoms with Crippen molar-refractivity contribution in [2.24, 2.45) is 0 Å². The number of nitrogens with one attached hydrogen (secondary N) is 2. The lowest BCUT2D eigenvalue weighted by Crippen LogP contribution is -2.47. The van der Waals surface area contributed by atoms with Gasteiger partial charge < -0.3 is 4.74 Å². The molecule has 2 amide bonds. The molecule has 0 radical (unpaired) electrons. The normalized spacial score (nSPS) is 11.8. The van der Waals surface area contributed by atoms with E-state index < -0.39 is 23.7 Å². The molecule has 1 unspecified atom stereocenters. The fourth-order valence-corrected chi connectivity index (χ4v) is 2.54. The molecule has 0 saturated carbocycles. The summed E-state index contributed by atoms with van der Waals surface area (Å²) in [5, 5.41) is 0. The Kier molecular flexibility index (Phi) is 7.95. The Morgan fingerprint density at radius 3 is 2.29 bits per heavy atom. The van der Waals surface area contributed by atoms with E-state index in [2.05, 4.69) is 29.6 Å². The van der Waals surface area contributed by atoms with Gasteiger partial charge in [-0.1, -0.05) is 38.1 Å². The van der Waals surface area contributed by atoms with Crippen molar-refractivity contribution < 1.29 is 18.7 Å². The Morgan fingerprint density at radius 1 is 1.04 bits per heavy atom. The minimum Gasteiger partial charge on any atom is -0.478 e. The number of hydrogen-bond acceptors (Lipinski definition) is 4. The van der Waals surface area contributed by atoms with E-state index in [4.69, 9.17) is 4.74 Å². The number of halogens is 1. The lowest BCUT2D eigenvalue weighted by molar-refractivity contribution is -0.128. The van der Waals surface area contributed by atoms with E-state index in [9.17, 15) is 14.0 Å². The topological polar surface area (TPSA) is 70.7 Å². The second-order valence-electron chi connectivity index (χ2n) is 6.29. The van der Waals surface area contributed by atoms with Crippen molar-refractivity contribution in [3.8, 4) is 5.75 Å². The molecule has 2 N–H and O–H groups in total. The summed E-state index contributed by atoms with van der Waals surface area (Å²) in [6, 6.07) is 13.0. The van der Waals surface area contributed by atoms with Crippen molar-refractivity contribution in [1.29, 1.82) is 0 Å². The number of hydrazine groups is 1. The number of para-hydroxylation sites is 1. The SMILES string of the molecule is CCN(CC)Cc1ccc(C(=O)NNC(=O)C(C)Oc2ccccc2F)cc1. The van der Waals surface area contributed by atoms with Crippen molar-refractivity contribution in [1.82, 2.24) is 15.8 Å². The van der Waals surface area contributed by atoms with Crippen LogP contribution >= 0.6 is 0 Å². The monoisotopic (exact) mass is 387 g/mol. The van der Waals surface area contributed by atoms with Gasteiger partial charge >= 0.3 is 0 Å². The predicted octanol–water partition coefficient (Wildman–Crippen LogP) is 2.90. The van der Waals surface area contributed by atoms with Gasteiger partial charge in [0.25, 0.3) is 11.8 Å². The van der Waals surface area contributed by atoms with E-state index in [0.29, 0.717) is 5.56 Å². The van der Waals surface area contributed by atoms with E-state index in [1.807, 2.05) is 12.1 Å². The van der Waals surface area contributed by atoms with Gasteiger partial charge in [-0.05, 0) is 49.8 Å². The van der Waals surface area contributed by atoms with Crippen LogP contribution in [0.5, 0.6) is 5.75 Å². The first-order valence-electron chi connectivity index (χ1n) is 9.27. The molecule has 0 aliphatic carbocycles. The lowest BCUT2D eigenvalue weighted by Gasteiger charge is -2.18. The number of carbonyl (C=O) groups is 2. The van der Waals surface area contributed by atoms with Crippen LogP contribution in [0.25, 0.3) is 0 Å². The highest BCUT2D eigenvalue weighted by molar-refractivity contribution is 5.95. The van der Waals surface area contributed by atoms with Gasteiger partial charge in [0.2, 0.25) is 0 Å². The molecular formula is C21H26FN3O3. The van der Waals surface area contributed by atoms with Crippen LogP contribution in [-0.2, 0) is 11.3 Å². The smallest absolute Gasteiger partial charge is 0.279 e. The van der Waals surface area contributed by atoms with Gasteiger partial charge in [0.05, 0.1) is 0 Å². The van der Waals surface area contributed by atoms with E-state index in [-0.39, 0.29) is 5.75 Å². The van der Waals surface area contributed by atoms with Crippen LogP contribution in [0, 0.1) is 5.82 Å². The molecule has 0 spiro atoms. The van der Waals surface area contributed by atoms with Crippen molar-refractivity contribution in [2.75, 3.05) is 13.1 Å². The highest BCUT2D eigenvalue weighted by Crippen LogP contribution is 2.16. The molecule has 0 aromatic heterocycles. The summed E-state index contributed by atoms with van der Waals surface area (Å²) in [6.07, 6.45) is -0.978. The molecule has 150 valence electrons. The third-order valence-corrected chi connectivity index (χ3v) is 4.33. The number of benzene rings is 2. The first kappa shape index (κ1) is 21.4. The number of nitrogens with zero attached hydrogens (tertiary/aromatic N) is 1. The van der Waals surface area contributed by atoms with Gasteiger partial charge in [0, 0.05) is 12.1 Å². The lowest BCUT2D eigenvalue weighted by atomic mass is 10.1. The molecule has 28 heavy (non-hydrogen) atoms. The predicted molar refractivity (Wildman–Crippen MR) is 105 cm³/mol. The number of amides is 2. The van der Waals surface area contributed by atoms with Crippen LogP contribution < -0.4 is 15.6 Å². The zero-order valence-electron chi connectivity index (χ0n) is 16.4. The maximum atomic E-state index is 13.6. The average Bonchev–Trinajstić information content (AvgIpc) is 2.72. The quantitative estimate of drug-likeness (QED) is 0.684. The fraction of sp³-hybridized carbons (Fsp3) is 0.333. The van der Waals surface area contributed by atoms with Crippen LogP contribution in [0.3, 0.4) is 0 Å². The van der Waals surface area contributed by atoms with Crippen LogP contribution in [0.2, 0.25) is 0 Å². The molecule has 7 heteroatoms. The first-order valence-corrected chi connectivity index (χ1v) is 9.27. The zero-order chi connectivity index (χ0) is 20.5. The Balaban J connectivity index is 1.85. The van der Waals surface area contributed by atoms with E-state index >= 15 is 0 Å². The van der Waals surface area contributed by atoms with Gasteiger partial charge in [0.1, 0.15) is 0 Å². The van der Waals surface area contributed by atoms with Crippen LogP contribution in [0.4, 0.5) is 4.39 Å². The minimum absolute atomic E-state index is 0.0275. The average molecular weight is 387 g/mol. The molecule has 2 aromatic rings. The second-order valence-corrected chi connectivity index (χ2v) is 6.29. The molecule has 2 aromatic carbocycles. The summed E-state index contributed by atoms with van der Waals surface area (Å²) in [5.74, 6) is -1.62. The largest absolute Gasteiger partial charge is 0.478 e. The molecule has 0 fully saturated rings. The third kappa shape index (κ3) is 6.06. The summed E-state index contributed by atoms with van der Waals surface area (Å²) in [4.78, 5) is 26.5. The summed E-state index contributed by atoms with van der Waals surface area (Å²) in [5.41, 5.74) is 6.16. The second kappa shape index (κ2) is 10.4. The van der Waals surface area contributed by atoms with Gasteiger partial charge in [-0.3, -0.25) is 25.3 Å². The molecule has 6 nitrogen and oxygen atoms in total. The molecule has 0 aliphatic heterocycles. The summed E-state index contributed by atoms with van der Waals surface area (Å²) in [6.45, 7) is 8.40.